The third-order valence-corrected chi connectivity index (χ3v) is 5.67. The standard InChI is InChI=1S/C24H29N/c1-20-12-11-13-21(2)25(20)19-10-9-18-24(22-14-5-3-6-15-22)23-16-7-4-8-17-23/h3-8,14-17,20-21,24H,11-13,18-19H2,1-2H3/p+1/t20-,21-/m0/s1. The molecule has 1 aliphatic rings. The van der Waals surface area contributed by atoms with Gasteiger partial charge in [-0.25, -0.2) is 0 Å². The number of rotatable bonds is 4. The zero-order chi connectivity index (χ0) is 17.5. The Kier molecular flexibility index (Phi) is 6.31. The molecular formula is C24H30N+. The molecule has 1 nitrogen and oxygen atoms in total. The molecule has 2 atom stereocenters. The Morgan fingerprint density at radius 3 is 1.88 bits per heavy atom. The first kappa shape index (κ1) is 17.8. The van der Waals surface area contributed by atoms with Crippen molar-refractivity contribution in [3.8, 4) is 11.8 Å². The Morgan fingerprint density at radius 2 is 1.36 bits per heavy atom. The lowest BCUT2D eigenvalue weighted by molar-refractivity contribution is -0.944. The van der Waals surface area contributed by atoms with Crippen molar-refractivity contribution < 1.29 is 4.90 Å². The van der Waals surface area contributed by atoms with Gasteiger partial charge in [0.05, 0.1) is 12.1 Å². The predicted octanol–water partition coefficient (Wildman–Crippen LogP) is 4.06. The average molecular weight is 333 g/mol. The summed E-state index contributed by atoms with van der Waals surface area (Å²) in [7, 11) is 0. The van der Waals surface area contributed by atoms with Gasteiger partial charge in [0.1, 0.15) is 6.54 Å². The zero-order valence-electron chi connectivity index (χ0n) is 15.5. The summed E-state index contributed by atoms with van der Waals surface area (Å²) in [6, 6.07) is 23.0. The fraction of sp³-hybridized carbons (Fsp3) is 0.417. The summed E-state index contributed by atoms with van der Waals surface area (Å²) in [6.45, 7) is 5.74. The van der Waals surface area contributed by atoms with E-state index in [2.05, 4.69) is 86.4 Å². The SMILES string of the molecule is C[C@H]1CCC[C@H](C)[NH+]1CC#CCC(c1ccccc1)c1ccccc1. The van der Waals surface area contributed by atoms with Crippen molar-refractivity contribution in [1.82, 2.24) is 0 Å². The van der Waals surface area contributed by atoms with E-state index in [0.29, 0.717) is 5.92 Å². The molecule has 1 fully saturated rings. The molecule has 0 spiro atoms. The highest BCUT2D eigenvalue weighted by atomic mass is 15.2. The lowest BCUT2D eigenvalue weighted by atomic mass is 9.89. The minimum Gasteiger partial charge on any atom is -0.320 e. The van der Waals surface area contributed by atoms with Crippen molar-refractivity contribution >= 4 is 0 Å². The molecule has 2 aromatic carbocycles. The van der Waals surface area contributed by atoms with Gasteiger partial charge in [0.15, 0.2) is 0 Å². The Labute approximate surface area is 153 Å². The molecule has 0 aromatic heterocycles. The summed E-state index contributed by atoms with van der Waals surface area (Å²) in [4.78, 5) is 1.68. The van der Waals surface area contributed by atoms with Crippen LogP contribution in [-0.4, -0.2) is 18.6 Å². The van der Waals surface area contributed by atoms with Crippen molar-refractivity contribution in [3.05, 3.63) is 71.8 Å². The van der Waals surface area contributed by atoms with E-state index in [-0.39, 0.29) is 0 Å². The summed E-state index contributed by atoms with van der Waals surface area (Å²) < 4.78 is 0. The number of benzene rings is 2. The molecule has 0 amide bonds. The van der Waals surface area contributed by atoms with Crippen LogP contribution >= 0.6 is 0 Å². The van der Waals surface area contributed by atoms with E-state index in [0.717, 1.165) is 25.0 Å². The highest BCUT2D eigenvalue weighted by molar-refractivity contribution is 5.33. The van der Waals surface area contributed by atoms with E-state index in [1.807, 2.05) is 0 Å². The van der Waals surface area contributed by atoms with E-state index in [1.165, 1.54) is 30.4 Å². The van der Waals surface area contributed by atoms with Crippen LogP contribution in [0.25, 0.3) is 0 Å². The van der Waals surface area contributed by atoms with Crippen LogP contribution in [-0.2, 0) is 0 Å². The van der Waals surface area contributed by atoms with Crippen molar-refractivity contribution in [3.63, 3.8) is 0 Å². The molecule has 0 unspecified atom stereocenters. The van der Waals surface area contributed by atoms with Crippen LogP contribution in [0, 0.1) is 11.8 Å². The van der Waals surface area contributed by atoms with Crippen molar-refractivity contribution in [2.24, 2.45) is 0 Å². The monoisotopic (exact) mass is 332 g/mol. The molecule has 130 valence electrons. The summed E-state index contributed by atoms with van der Waals surface area (Å²) in [5.41, 5.74) is 2.71. The summed E-state index contributed by atoms with van der Waals surface area (Å²) in [5.74, 6) is 7.36. The minimum absolute atomic E-state index is 0.362. The zero-order valence-corrected chi connectivity index (χ0v) is 15.5. The second kappa shape index (κ2) is 8.88. The van der Waals surface area contributed by atoms with Gasteiger partial charge in [-0.05, 0) is 50.2 Å². The molecule has 2 aromatic rings. The fourth-order valence-corrected chi connectivity index (χ4v) is 4.07. The van der Waals surface area contributed by atoms with Gasteiger partial charge in [-0.2, -0.15) is 0 Å². The van der Waals surface area contributed by atoms with E-state index < -0.39 is 0 Å². The second-order valence-corrected chi connectivity index (χ2v) is 7.42. The summed E-state index contributed by atoms with van der Waals surface area (Å²) in [6.07, 6.45) is 4.96. The molecule has 1 aliphatic heterocycles. The molecule has 1 saturated heterocycles. The van der Waals surface area contributed by atoms with Crippen molar-refractivity contribution in [2.75, 3.05) is 6.54 Å². The van der Waals surface area contributed by atoms with E-state index in [9.17, 15) is 0 Å². The first-order valence-electron chi connectivity index (χ1n) is 9.67. The molecule has 0 aliphatic carbocycles. The van der Waals surface area contributed by atoms with Crippen molar-refractivity contribution in [1.29, 1.82) is 0 Å². The Bertz CT molecular complexity index is 646. The van der Waals surface area contributed by atoms with Crippen LogP contribution in [0.4, 0.5) is 0 Å². The molecule has 0 bridgehead atoms. The maximum Gasteiger partial charge on any atom is 0.139 e. The number of quaternary nitrogens is 1. The maximum absolute atomic E-state index is 3.50. The van der Waals surface area contributed by atoms with Gasteiger partial charge >= 0.3 is 0 Å². The normalized spacial score (nSPS) is 20.9. The first-order chi connectivity index (χ1) is 12.3. The summed E-state index contributed by atoms with van der Waals surface area (Å²) in [5, 5.41) is 0. The Hall–Kier alpha value is -2.04. The quantitative estimate of drug-likeness (QED) is 0.806. The molecule has 1 N–H and O–H groups in total. The molecule has 0 saturated carbocycles. The van der Waals surface area contributed by atoms with Crippen LogP contribution in [0.1, 0.15) is 56.6 Å². The van der Waals surface area contributed by atoms with E-state index in [1.54, 1.807) is 4.90 Å². The number of hydrogen-bond acceptors (Lipinski definition) is 0. The van der Waals surface area contributed by atoms with E-state index in [4.69, 9.17) is 0 Å². The Balaban J connectivity index is 1.70. The predicted molar refractivity (Wildman–Crippen MR) is 106 cm³/mol. The van der Waals surface area contributed by atoms with Crippen LogP contribution in [0.3, 0.4) is 0 Å². The Morgan fingerprint density at radius 1 is 0.840 bits per heavy atom. The number of piperidine rings is 1. The minimum atomic E-state index is 0.362. The highest BCUT2D eigenvalue weighted by Gasteiger charge is 2.27. The van der Waals surface area contributed by atoms with Gasteiger partial charge in [-0.15, -0.1) is 0 Å². The van der Waals surface area contributed by atoms with Gasteiger partial charge in [-0.1, -0.05) is 66.6 Å². The third-order valence-electron chi connectivity index (χ3n) is 5.67. The van der Waals surface area contributed by atoms with Crippen LogP contribution in [0.2, 0.25) is 0 Å². The van der Waals surface area contributed by atoms with Gasteiger partial charge < -0.3 is 4.90 Å². The van der Waals surface area contributed by atoms with E-state index >= 15 is 0 Å². The van der Waals surface area contributed by atoms with Gasteiger partial charge in [0.25, 0.3) is 0 Å². The smallest absolute Gasteiger partial charge is 0.139 e. The average Bonchev–Trinajstić information content (AvgIpc) is 2.65. The van der Waals surface area contributed by atoms with Gasteiger partial charge in [-0.3, -0.25) is 0 Å². The van der Waals surface area contributed by atoms with Crippen LogP contribution in [0.15, 0.2) is 60.7 Å². The maximum atomic E-state index is 3.50. The topological polar surface area (TPSA) is 4.44 Å². The van der Waals surface area contributed by atoms with Gasteiger partial charge in [0, 0.05) is 12.3 Å². The molecular weight excluding hydrogens is 302 g/mol. The molecule has 25 heavy (non-hydrogen) atoms. The van der Waals surface area contributed by atoms with Crippen LogP contribution in [0.5, 0.6) is 0 Å². The molecule has 0 radical (unpaired) electrons. The number of likely N-dealkylation sites (tertiary alicyclic amines) is 1. The molecule has 3 rings (SSSR count). The molecule has 1 heterocycles. The highest BCUT2D eigenvalue weighted by Crippen LogP contribution is 2.27. The lowest BCUT2D eigenvalue weighted by Gasteiger charge is -2.34. The van der Waals surface area contributed by atoms with Gasteiger partial charge in [0.2, 0.25) is 0 Å². The first-order valence-corrected chi connectivity index (χ1v) is 9.67. The fourth-order valence-electron chi connectivity index (χ4n) is 4.07. The largest absolute Gasteiger partial charge is 0.320 e. The number of nitrogens with one attached hydrogen (secondary N) is 1. The summed E-state index contributed by atoms with van der Waals surface area (Å²) >= 11 is 0. The number of hydrogen-bond donors (Lipinski definition) is 1. The molecule has 1 heteroatoms. The van der Waals surface area contributed by atoms with Crippen molar-refractivity contribution in [2.45, 2.75) is 57.5 Å². The lowest BCUT2D eigenvalue weighted by Crippen LogP contribution is -3.19. The van der Waals surface area contributed by atoms with Crippen LogP contribution < -0.4 is 4.90 Å². The third kappa shape index (κ3) is 4.74. The second-order valence-electron chi connectivity index (χ2n) is 7.42.